The van der Waals surface area contributed by atoms with Crippen LogP contribution in [0.4, 0.5) is 24.5 Å². The van der Waals surface area contributed by atoms with Gasteiger partial charge < -0.3 is 16.0 Å². The molecule has 0 aromatic heterocycles. The summed E-state index contributed by atoms with van der Waals surface area (Å²) in [7, 11) is 0. The first-order valence-electron chi connectivity index (χ1n) is 9.24. The molecule has 8 nitrogen and oxygen atoms in total. The molecule has 11 heteroatoms. The SMILES string of the molecule is O=C1CCC(Nc2cccc(NC(=O)CN3CCNC[C@@H]3C(F)(F)F)c2)C(=O)N1. The first kappa shape index (κ1) is 21.1. The molecular formula is C18H22F3N5O3. The van der Waals surface area contributed by atoms with Gasteiger partial charge in [-0.1, -0.05) is 6.07 Å². The van der Waals surface area contributed by atoms with E-state index in [-0.39, 0.29) is 32.0 Å². The summed E-state index contributed by atoms with van der Waals surface area (Å²) in [4.78, 5) is 36.4. The number of benzene rings is 1. The lowest BCUT2D eigenvalue weighted by Crippen LogP contribution is -2.59. The number of imide groups is 1. The Morgan fingerprint density at radius 2 is 2.00 bits per heavy atom. The van der Waals surface area contributed by atoms with E-state index in [9.17, 15) is 27.6 Å². The van der Waals surface area contributed by atoms with Crippen molar-refractivity contribution in [3.63, 3.8) is 0 Å². The van der Waals surface area contributed by atoms with Crippen LogP contribution < -0.4 is 21.3 Å². The molecule has 2 aliphatic heterocycles. The van der Waals surface area contributed by atoms with Crippen molar-refractivity contribution in [1.82, 2.24) is 15.5 Å². The first-order valence-corrected chi connectivity index (χ1v) is 9.24. The van der Waals surface area contributed by atoms with Gasteiger partial charge in [-0.15, -0.1) is 0 Å². The maximum absolute atomic E-state index is 13.1. The van der Waals surface area contributed by atoms with Gasteiger partial charge in [0.15, 0.2) is 0 Å². The summed E-state index contributed by atoms with van der Waals surface area (Å²) < 4.78 is 39.4. The van der Waals surface area contributed by atoms with Crippen LogP contribution in [0, 0.1) is 0 Å². The van der Waals surface area contributed by atoms with Crippen LogP contribution >= 0.6 is 0 Å². The smallest absolute Gasteiger partial charge is 0.374 e. The van der Waals surface area contributed by atoms with Crippen molar-refractivity contribution in [1.29, 1.82) is 0 Å². The molecule has 0 saturated carbocycles. The van der Waals surface area contributed by atoms with E-state index in [2.05, 4.69) is 21.3 Å². The van der Waals surface area contributed by atoms with Crippen molar-refractivity contribution in [2.75, 3.05) is 36.8 Å². The number of anilines is 2. The molecule has 3 amide bonds. The molecule has 0 spiro atoms. The molecule has 4 N–H and O–H groups in total. The molecule has 0 bridgehead atoms. The third kappa shape index (κ3) is 5.67. The second-order valence-corrected chi connectivity index (χ2v) is 7.01. The monoisotopic (exact) mass is 413 g/mol. The lowest BCUT2D eigenvalue weighted by atomic mass is 10.1. The summed E-state index contributed by atoms with van der Waals surface area (Å²) in [5.41, 5.74) is 0.943. The van der Waals surface area contributed by atoms with Crippen LogP contribution in [0.15, 0.2) is 24.3 Å². The number of alkyl halides is 3. The molecule has 2 fully saturated rings. The van der Waals surface area contributed by atoms with Gasteiger partial charge in [0, 0.05) is 37.4 Å². The van der Waals surface area contributed by atoms with Crippen LogP contribution in [-0.2, 0) is 14.4 Å². The summed E-state index contributed by atoms with van der Waals surface area (Å²) in [5.74, 6) is -1.30. The van der Waals surface area contributed by atoms with Gasteiger partial charge >= 0.3 is 6.18 Å². The van der Waals surface area contributed by atoms with Crippen LogP contribution in [0.3, 0.4) is 0 Å². The minimum Gasteiger partial charge on any atom is -0.374 e. The zero-order valence-electron chi connectivity index (χ0n) is 15.5. The summed E-state index contributed by atoms with van der Waals surface area (Å²) in [6.07, 6.45) is -3.84. The molecule has 29 heavy (non-hydrogen) atoms. The maximum atomic E-state index is 13.1. The van der Waals surface area contributed by atoms with Gasteiger partial charge in [-0.2, -0.15) is 13.2 Å². The summed E-state index contributed by atoms with van der Waals surface area (Å²) in [5, 5.41) is 10.5. The van der Waals surface area contributed by atoms with E-state index in [1.165, 1.54) is 0 Å². The number of hydrogen-bond acceptors (Lipinski definition) is 6. The molecule has 0 radical (unpaired) electrons. The van der Waals surface area contributed by atoms with Crippen LogP contribution in [0.5, 0.6) is 0 Å². The van der Waals surface area contributed by atoms with Gasteiger partial charge in [-0.05, 0) is 24.6 Å². The van der Waals surface area contributed by atoms with Crippen LogP contribution in [0.1, 0.15) is 12.8 Å². The second-order valence-electron chi connectivity index (χ2n) is 7.01. The highest BCUT2D eigenvalue weighted by molar-refractivity contribution is 6.01. The lowest BCUT2D eigenvalue weighted by Gasteiger charge is -2.36. The van der Waals surface area contributed by atoms with E-state index < -0.39 is 30.1 Å². The number of halogens is 3. The molecule has 2 saturated heterocycles. The third-order valence-electron chi connectivity index (χ3n) is 4.81. The van der Waals surface area contributed by atoms with E-state index >= 15 is 0 Å². The Labute approximate surface area is 165 Å². The van der Waals surface area contributed by atoms with Gasteiger partial charge in [0.25, 0.3) is 0 Å². The van der Waals surface area contributed by atoms with Gasteiger partial charge in [0.1, 0.15) is 12.1 Å². The Balaban J connectivity index is 1.58. The molecule has 3 rings (SSSR count). The number of hydrogen-bond donors (Lipinski definition) is 4. The van der Waals surface area contributed by atoms with Crippen molar-refractivity contribution < 1.29 is 27.6 Å². The minimum absolute atomic E-state index is 0.120. The topological polar surface area (TPSA) is 103 Å². The molecule has 158 valence electrons. The fraction of sp³-hybridized carbons (Fsp3) is 0.500. The number of nitrogens with zero attached hydrogens (tertiary/aromatic N) is 1. The first-order chi connectivity index (χ1) is 13.7. The minimum atomic E-state index is -4.42. The van der Waals surface area contributed by atoms with Crippen molar-refractivity contribution in [2.24, 2.45) is 0 Å². The molecule has 1 aromatic carbocycles. The van der Waals surface area contributed by atoms with Crippen LogP contribution in [-0.4, -0.2) is 67.1 Å². The Morgan fingerprint density at radius 3 is 2.72 bits per heavy atom. The predicted octanol–water partition coefficient (Wildman–Crippen LogP) is 0.678. The fourth-order valence-electron chi connectivity index (χ4n) is 3.36. The van der Waals surface area contributed by atoms with Crippen LogP contribution in [0.2, 0.25) is 0 Å². The molecule has 2 aliphatic rings. The summed E-state index contributed by atoms with van der Waals surface area (Å²) in [6.45, 7) is -0.126. The zero-order chi connectivity index (χ0) is 21.0. The average Bonchev–Trinajstić information content (AvgIpc) is 2.64. The number of carbonyl (C=O) groups is 3. The van der Waals surface area contributed by atoms with Gasteiger partial charge in [0.2, 0.25) is 17.7 Å². The summed E-state index contributed by atoms with van der Waals surface area (Å²) in [6, 6.07) is 4.24. The highest BCUT2D eigenvalue weighted by Crippen LogP contribution is 2.26. The zero-order valence-corrected chi connectivity index (χ0v) is 15.5. The number of nitrogens with one attached hydrogen (secondary N) is 4. The van der Waals surface area contributed by atoms with Crippen molar-refractivity contribution in [3.05, 3.63) is 24.3 Å². The third-order valence-corrected chi connectivity index (χ3v) is 4.81. The maximum Gasteiger partial charge on any atom is 0.405 e. The Hall–Kier alpha value is -2.66. The normalized spacial score (nSPS) is 23.4. The quantitative estimate of drug-likeness (QED) is 0.530. The highest BCUT2D eigenvalue weighted by Gasteiger charge is 2.45. The Morgan fingerprint density at radius 1 is 1.24 bits per heavy atom. The largest absolute Gasteiger partial charge is 0.405 e. The van der Waals surface area contributed by atoms with Gasteiger partial charge in [0.05, 0.1) is 6.54 Å². The van der Waals surface area contributed by atoms with E-state index in [0.717, 1.165) is 4.90 Å². The molecule has 2 atom stereocenters. The number of carbonyl (C=O) groups excluding carboxylic acids is 3. The van der Waals surface area contributed by atoms with E-state index in [0.29, 0.717) is 24.3 Å². The standard InChI is InChI=1S/C18H22F3N5O3/c19-18(20,21)14-9-22-6-7-26(14)10-16(28)24-12-3-1-2-11(8-12)23-13-4-5-15(27)25-17(13)29/h1-3,8,13-14,22-23H,4-7,9-10H2,(H,24,28)(H,25,27,29)/t13?,14-/m1/s1. The molecule has 1 aromatic rings. The Kier molecular flexibility index (Phi) is 6.38. The van der Waals surface area contributed by atoms with E-state index in [1.54, 1.807) is 24.3 Å². The lowest BCUT2D eigenvalue weighted by molar-refractivity contribution is -0.187. The molecule has 2 heterocycles. The van der Waals surface area contributed by atoms with E-state index in [1.807, 2.05) is 0 Å². The average molecular weight is 413 g/mol. The number of amides is 3. The predicted molar refractivity (Wildman–Crippen MR) is 99.2 cm³/mol. The number of piperazine rings is 1. The van der Waals surface area contributed by atoms with Gasteiger partial charge in [-0.25, -0.2) is 0 Å². The summed E-state index contributed by atoms with van der Waals surface area (Å²) >= 11 is 0. The molecule has 0 aliphatic carbocycles. The fourth-order valence-corrected chi connectivity index (χ4v) is 3.36. The number of rotatable bonds is 5. The van der Waals surface area contributed by atoms with Crippen molar-refractivity contribution in [2.45, 2.75) is 31.1 Å². The van der Waals surface area contributed by atoms with Crippen molar-refractivity contribution >= 4 is 29.1 Å². The molecular weight excluding hydrogens is 391 g/mol. The number of piperidine rings is 1. The van der Waals surface area contributed by atoms with Crippen LogP contribution in [0.25, 0.3) is 0 Å². The molecule has 1 unspecified atom stereocenters. The van der Waals surface area contributed by atoms with Crippen molar-refractivity contribution in [3.8, 4) is 0 Å². The highest BCUT2D eigenvalue weighted by atomic mass is 19.4. The van der Waals surface area contributed by atoms with Gasteiger partial charge in [-0.3, -0.25) is 24.6 Å². The van der Waals surface area contributed by atoms with E-state index in [4.69, 9.17) is 0 Å². The second kappa shape index (κ2) is 8.78. The Bertz CT molecular complexity index is 786.